The SMILES string of the molecule is CCCCCCCCCCCCCCC(O)C(O)C(CO)NC(=O)O[C@H]1CC[C@@]2(C)C(=CC[C@H]3[C@@H]4CC[C@H]([C@H](C)CCCC(C)C)[C@@]4(C)CC[C@@H]32)C1. The molecule has 0 heterocycles. The molecule has 4 N–H and O–H groups in total. The van der Waals surface area contributed by atoms with Crippen molar-refractivity contribution in [3.8, 4) is 0 Å². The van der Waals surface area contributed by atoms with Gasteiger partial charge >= 0.3 is 6.09 Å². The molecular weight excluding hydrogens is 647 g/mol. The van der Waals surface area contributed by atoms with Crippen molar-refractivity contribution in [3.63, 3.8) is 0 Å². The summed E-state index contributed by atoms with van der Waals surface area (Å²) in [5.41, 5.74) is 2.14. The third-order valence-electron chi connectivity index (χ3n) is 15.2. The van der Waals surface area contributed by atoms with Gasteiger partial charge in [0.05, 0.1) is 18.8 Å². The number of hydrogen-bond donors (Lipinski definition) is 4. The largest absolute Gasteiger partial charge is 0.446 e. The number of unbranched alkanes of at least 4 members (excludes halogenated alkanes) is 11. The van der Waals surface area contributed by atoms with Crippen LogP contribution in [0.3, 0.4) is 0 Å². The van der Waals surface area contributed by atoms with Gasteiger partial charge in [0.15, 0.2) is 0 Å². The van der Waals surface area contributed by atoms with Crippen molar-refractivity contribution in [1.82, 2.24) is 5.32 Å². The van der Waals surface area contributed by atoms with Gasteiger partial charge in [-0.05, 0) is 97.7 Å². The van der Waals surface area contributed by atoms with E-state index in [0.717, 1.165) is 74.0 Å². The smallest absolute Gasteiger partial charge is 0.407 e. The molecule has 52 heavy (non-hydrogen) atoms. The Balaban J connectivity index is 1.18. The lowest BCUT2D eigenvalue weighted by Gasteiger charge is -2.58. The number of carbonyl (C=O) groups is 1. The van der Waals surface area contributed by atoms with Crippen molar-refractivity contribution < 1.29 is 24.9 Å². The second-order valence-electron chi connectivity index (χ2n) is 19.2. The Kier molecular flexibility index (Phi) is 17.8. The van der Waals surface area contributed by atoms with Gasteiger partial charge in [-0.25, -0.2) is 4.79 Å². The lowest BCUT2D eigenvalue weighted by atomic mass is 9.47. The molecule has 0 radical (unpaired) electrons. The molecule has 11 atom stereocenters. The number of allylic oxidation sites excluding steroid dienone is 1. The van der Waals surface area contributed by atoms with Gasteiger partial charge in [0.2, 0.25) is 0 Å². The third kappa shape index (κ3) is 11.5. The zero-order valence-corrected chi connectivity index (χ0v) is 34.7. The van der Waals surface area contributed by atoms with Crippen molar-refractivity contribution in [2.24, 2.45) is 46.3 Å². The molecule has 6 nitrogen and oxygen atoms in total. The van der Waals surface area contributed by atoms with Crippen molar-refractivity contribution in [3.05, 3.63) is 11.6 Å². The number of alkyl carbamates (subject to hydrolysis) is 1. The van der Waals surface area contributed by atoms with E-state index in [0.29, 0.717) is 11.8 Å². The fraction of sp³-hybridized carbons (Fsp3) is 0.935. The Morgan fingerprint density at radius 3 is 2.12 bits per heavy atom. The summed E-state index contributed by atoms with van der Waals surface area (Å²) in [6, 6.07) is -0.951. The molecule has 302 valence electrons. The number of aliphatic hydroxyl groups is 3. The second kappa shape index (κ2) is 21.3. The summed E-state index contributed by atoms with van der Waals surface area (Å²) in [4.78, 5) is 13.0. The van der Waals surface area contributed by atoms with Crippen LogP contribution in [0.4, 0.5) is 4.79 Å². The number of nitrogens with one attached hydrogen (secondary N) is 1. The number of carbonyl (C=O) groups excluding carboxylic acids is 1. The molecule has 0 aliphatic heterocycles. The zero-order valence-electron chi connectivity index (χ0n) is 34.7. The Hall–Kier alpha value is -1.11. The molecule has 0 aromatic carbocycles. The molecule has 0 saturated heterocycles. The fourth-order valence-electron chi connectivity index (χ4n) is 12.0. The predicted molar refractivity (Wildman–Crippen MR) is 215 cm³/mol. The minimum absolute atomic E-state index is 0.184. The Morgan fingerprint density at radius 1 is 0.827 bits per heavy atom. The summed E-state index contributed by atoms with van der Waals surface area (Å²) >= 11 is 0. The van der Waals surface area contributed by atoms with E-state index in [2.05, 4.69) is 52.9 Å². The summed E-state index contributed by atoms with van der Waals surface area (Å²) in [5, 5.41) is 34.2. The zero-order chi connectivity index (χ0) is 37.7. The highest BCUT2D eigenvalue weighted by molar-refractivity contribution is 5.68. The number of hydrogen-bond acceptors (Lipinski definition) is 5. The number of ether oxygens (including phenoxy) is 1. The topological polar surface area (TPSA) is 99.0 Å². The molecule has 1 amide bonds. The van der Waals surface area contributed by atoms with Gasteiger partial charge in [-0.2, -0.15) is 0 Å². The molecule has 4 aliphatic rings. The average molecular weight is 730 g/mol. The first-order valence-electron chi connectivity index (χ1n) is 22.6. The molecule has 3 saturated carbocycles. The summed E-state index contributed by atoms with van der Waals surface area (Å²) in [6.07, 6.45) is 28.3. The number of rotatable bonds is 23. The Labute approximate surface area is 320 Å². The molecule has 6 heteroatoms. The number of fused-ring (bicyclic) bond motifs is 5. The minimum Gasteiger partial charge on any atom is -0.446 e. The molecular formula is C46H83NO5. The van der Waals surface area contributed by atoms with E-state index in [-0.39, 0.29) is 11.5 Å². The van der Waals surface area contributed by atoms with Crippen LogP contribution >= 0.6 is 0 Å². The maximum atomic E-state index is 13.0. The van der Waals surface area contributed by atoms with E-state index < -0.39 is 30.9 Å². The summed E-state index contributed by atoms with van der Waals surface area (Å²) < 4.78 is 5.94. The highest BCUT2D eigenvalue weighted by atomic mass is 16.6. The van der Waals surface area contributed by atoms with Gasteiger partial charge in [0.1, 0.15) is 12.2 Å². The molecule has 0 spiro atoms. The van der Waals surface area contributed by atoms with Crippen molar-refractivity contribution in [2.75, 3.05) is 6.61 Å². The van der Waals surface area contributed by atoms with E-state index >= 15 is 0 Å². The van der Waals surface area contributed by atoms with Crippen molar-refractivity contribution >= 4 is 6.09 Å². The van der Waals surface area contributed by atoms with E-state index in [1.807, 2.05) is 0 Å². The Morgan fingerprint density at radius 2 is 1.48 bits per heavy atom. The second-order valence-corrected chi connectivity index (χ2v) is 19.2. The van der Waals surface area contributed by atoms with E-state index in [9.17, 15) is 20.1 Å². The van der Waals surface area contributed by atoms with Crippen LogP contribution < -0.4 is 5.32 Å². The normalized spacial score (nSPS) is 32.3. The van der Waals surface area contributed by atoms with Crippen LogP contribution in [0.1, 0.15) is 196 Å². The highest BCUT2D eigenvalue weighted by Crippen LogP contribution is 2.67. The molecule has 4 aliphatic carbocycles. The van der Waals surface area contributed by atoms with Gasteiger partial charge in [-0.3, -0.25) is 0 Å². The Bertz CT molecular complexity index is 1080. The van der Waals surface area contributed by atoms with Crippen LogP contribution in [0.5, 0.6) is 0 Å². The first-order valence-corrected chi connectivity index (χ1v) is 22.6. The molecule has 0 aromatic heterocycles. The van der Waals surface area contributed by atoms with Crippen LogP contribution in [-0.2, 0) is 4.74 Å². The minimum atomic E-state index is -1.23. The van der Waals surface area contributed by atoms with E-state index in [1.165, 1.54) is 115 Å². The lowest BCUT2D eigenvalue weighted by molar-refractivity contribution is -0.0589. The molecule has 3 unspecified atom stereocenters. The van der Waals surface area contributed by atoms with Gasteiger partial charge in [0.25, 0.3) is 0 Å². The summed E-state index contributed by atoms with van der Waals surface area (Å²) in [5.74, 6) is 4.81. The van der Waals surface area contributed by atoms with Crippen molar-refractivity contribution in [1.29, 1.82) is 0 Å². The van der Waals surface area contributed by atoms with Crippen LogP contribution in [0.25, 0.3) is 0 Å². The van der Waals surface area contributed by atoms with Gasteiger partial charge in [0, 0.05) is 6.42 Å². The fourth-order valence-corrected chi connectivity index (χ4v) is 12.0. The van der Waals surface area contributed by atoms with E-state index in [4.69, 9.17) is 4.74 Å². The van der Waals surface area contributed by atoms with Crippen molar-refractivity contribution in [2.45, 2.75) is 220 Å². The predicted octanol–water partition coefficient (Wildman–Crippen LogP) is 11.3. The lowest BCUT2D eigenvalue weighted by Crippen LogP contribution is -2.52. The van der Waals surface area contributed by atoms with Crippen LogP contribution in [-0.4, -0.2) is 52.4 Å². The third-order valence-corrected chi connectivity index (χ3v) is 15.2. The van der Waals surface area contributed by atoms with Gasteiger partial charge in [-0.1, -0.05) is 150 Å². The molecule has 0 bridgehead atoms. The maximum Gasteiger partial charge on any atom is 0.407 e. The highest BCUT2D eigenvalue weighted by Gasteiger charge is 2.59. The maximum absolute atomic E-state index is 13.0. The summed E-state index contributed by atoms with van der Waals surface area (Å²) in [7, 11) is 0. The van der Waals surface area contributed by atoms with Crippen LogP contribution in [0, 0.1) is 46.3 Å². The standard InChI is InChI=1S/C46H83NO5/c1-7-8-9-10-11-12-13-14-15-16-17-18-22-42(49)43(50)41(32-48)47-44(51)52-36-27-29-45(5)35(31-36)23-24-37-39-26-25-38(34(4)21-19-20-33(2)3)46(39,6)30-28-40(37)45/h23,33-34,36-43,48-50H,7-22,24-32H2,1-6H3,(H,47,51)/t34-,36+,37+,38-,39+,40+,41?,42?,43?,45+,46-/m1/s1. The monoisotopic (exact) mass is 730 g/mol. The summed E-state index contributed by atoms with van der Waals surface area (Å²) in [6.45, 7) is 14.2. The van der Waals surface area contributed by atoms with E-state index in [1.54, 1.807) is 0 Å². The van der Waals surface area contributed by atoms with Gasteiger partial charge in [-0.15, -0.1) is 0 Å². The molecule has 0 aromatic rings. The quantitative estimate of drug-likeness (QED) is 0.0620. The molecule has 3 fully saturated rings. The van der Waals surface area contributed by atoms with Crippen LogP contribution in [0.2, 0.25) is 0 Å². The van der Waals surface area contributed by atoms with Crippen LogP contribution in [0.15, 0.2) is 11.6 Å². The first-order chi connectivity index (χ1) is 24.9. The van der Waals surface area contributed by atoms with Gasteiger partial charge < -0.3 is 25.4 Å². The number of aliphatic hydroxyl groups excluding tert-OH is 3. The molecule has 4 rings (SSSR count). The first kappa shape index (κ1) is 43.6. The number of amides is 1. The average Bonchev–Trinajstić information content (AvgIpc) is 3.48.